The molecule has 0 aliphatic carbocycles. The lowest BCUT2D eigenvalue weighted by atomic mass is 10.2. The van der Waals surface area contributed by atoms with Crippen LogP contribution in [0, 0.1) is 0 Å². The number of ether oxygens (including phenoxy) is 3. The van der Waals surface area contributed by atoms with Crippen LogP contribution in [0.2, 0.25) is 0 Å². The van der Waals surface area contributed by atoms with Gasteiger partial charge in [-0.3, -0.25) is 0 Å². The van der Waals surface area contributed by atoms with E-state index in [-0.39, 0.29) is 25.1 Å². The minimum absolute atomic E-state index is 0.145. The van der Waals surface area contributed by atoms with Crippen molar-refractivity contribution < 1.29 is 28.2 Å². The Labute approximate surface area is 163 Å². The van der Waals surface area contributed by atoms with Crippen LogP contribution >= 0.6 is 0 Å². The maximum atomic E-state index is 12.1. The summed E-state index contributed by atoms with van der Waals surface area (Å²) in [7, 11) is 0. The third-order valence-corrected chi connectivity index (χ3v) is 4.04. The molecular formula is C20H26N2O6. The summed E-state index contributed by atoms with van der Waals surface area (Å²) in [5, 5.41) is 3.91. The molecule has 8 heteroatoms. The number of amides is 1. The maximum Gasteiger partial charge on any atom is 0.409 e. The number of nitrogens with zero attached hydrogens (tertiary/aromatic N) is 1. The highest BCUT2D eigenvalue weighted by Crippen LogP contribution is 2.25. The molecule has 152 valence electrons. The van der Waals surface area contributed by atoms with Gasteiger partial charge >= 0.3 is 12.1 Å². The second-order valence-corrected chi connectivity index (χ2v) is 7.51. The Morgan fingerprint density at radius 2 is 1.89 bits per heavy atom. The highest BCUT2D eigenvalue weighted by atomic mass is 16.6. The molecule has 2 heterocycles. The van der Waals surface area contributed by atoms with E-state index in [2.05, 4.69) is 5.32 Å². The number of furan rings is 1. The van der Waals surface area contributed by atoms with Gasteiger partial charge in [0, 0.05) is 31.6 Å². The molecule has 1 fully saturated rings. The van der Waals surface area contributed by atoms with Gasteiger partial charge in [0.2, 0.25) is 5.76 Å². The molecule has 1 N–H and O–H groups in total. The molecule has 0 unspecified atom stereocenters. The van der Waals surface area contributed by atoms with Crippen molar-refractivity contribution in [1.29, 1.82) is 0 Å². The van der Waals surface area contributed by atoms with E-state index in [4.69, 9.17) is 18.6 Å². The first kappa shape index (κ1) is 20.0. The summed E-state index contributed by atoms with van der Waals surface area (Å²) in [6, 6.07) is 6.86. The van der Waals surface area contributed by atoms with Gasteiger partial charge in [0.1, 0.15) is 30.1 Å². The van der Waals surface area contributed by atoms with E-state index < -0.39 is 11.6 Å². The standard InChI is InChI=1S/C20H26N2O6/c1-20(2,3)28-18(23)17-13-14-12-15(4-5-16(14)27-17)25-10-11-26-19(24)22-8-6-21-7-9-22/h4-5,12-13,21H,6-11H2,1-3H3. The number of carbonyl (C=O) groups excluding carboxylic acids is 2. The van der Waals surface area contributed by atoms with Crippen molar-refractivity contribution in [3.05, 3.63) is 30.0 Å². The average Bonchev–Trinajstić information content (AvgIpc) is 3.08. The summed E-state index contributed by atoms with van der Waals surface area (Å²) in [4.78, 5) is 25.7. The molecule has 8 nitrogen and oxygen atoms in total. The molecular weight excluding hydrogens is 364 g/mol. The SMILES string of the molecule is CC(C)(C)OC(=O)c1cc2cc(OCCOC(=O)N3CCNCC3)ccc2o1. The summed E-state index contributed by atoms with van der Waals surface area (Å²) in [5.74, 6) is 0.236. The number of benzene rings is 1. The number of fused-ring (bicyclic) bond motifs is 1. The monoisotopic (exact) mass is 390 g/mol. The topological polar surface area (TPSA) is 90.2 Å². The predicted molar refractivity (Wildman–Crippen MR) is 103 cm³/mol. The van der Waals surface area contributed by atoms with Gasteiger partial charge in [-0.1, -0.05) is 0 Å². The van der Waals surface area contributed by atoms with Gasteiger partial charge in [0.05, 0.1) is 0 Å². The third-order valence-electron chi connectivity index (χ3n) is 4.04. The van der Waals surface area contributed by atoms with Crippen molar-refractivity contribution in [1.82, 2.24) is 10.2 Å². The van der Waals surface area contributed by atoms with E-state index in [0.717, 1.165) is 18.5 Å². The zero-order valence-corrected chi connectivity index (χ0v) is 16.4. The van der Waals surface area contributed by atoms with Crippen LogP contribution in [-0.2, 0) is 9.47 Å². The fraction of sp³-hybridized carbons (Fsp3) is 0.500. The molecule has 0 atom stereocenters. The van der Waals surface area contributed by atoms with Crippen LogP contribution in [0.15, 0.2) is 28.7 Å². The lowest BCUT2D eigenvalue weighted by molar-refractivity contribution is 0.00381. The Morgan fingerprint density at radius 1 is 1.14 bits per heavy atom. The highest BCUT2D eigenvalue weighted by Gasteiger charge is 2.21. The van der Waals surface area contributed by atoms with Crippen LogP contribution in [-0.4, -0.2) is 62.0 Å². The maximum absolute atomic E-state index is 12.1. The van der Waals surface area contributed by atoms with E-state index in [1.54, 1.807) is 49.9 Å². The molecule has 1 aliphatic rings. The molecule has 0 radical (unpaired) electrons. The van der Waals surface area contributed by atoms with Gasteiger partial charge < -0.3 is 28.8 Å². The number of nitrogens with one attached hydrogen (secondary N) is 1. The van der Waals surface area contributed by atoms with Gasteiger partial charge in [-0.2, -0.15) is 0 Å². The molecule has 3 rings (SSSR count). The van der Waals surface area contributed by atoms with Crippen molar-refractivity contribution in [2.45, 2.75) is 26.4 Å². The Bertz CT molecular complexity index is 833. The average molecular weight is 390 g/mol. The van der Waals surface area contributed by atoms with Crippen molar-refractivity contribution in [2.75, 3.05) is 39.4 Å². The van der Waals surface area contributed by atoms with E-state index in [0.29, 0.717) is 24.4 Å². The molecule has 1 amide bonds. The molecule has 1 saturated heterocycles. The number of hydrogen-bond donors (Lipinski definition) is 1. The Kier molecular flexibility index (Phi) is 6.08. The van der Waals surface area contributed by atoms with Gasteiger partial charge in [-0.15, -0.1) is 0 Å². The normalized spacial score (nSPS) is 14.8. The zero-order valence-electron chi connectivity index (χ0n) is 16.4. The summed E-state index contributed by atoms with van der Waals surface area (Å²) in [5.41, 5.74) is -0.0229. The van der Waals surface area contributed by atoms with E-state index in [1.165, 1.54) is 0 Å². The summed E-state index contributed by atoms with van der Waals surface area (Å²) in [6.07, 6.45) is -0.322. The quantitative estimate of drug-likeness (QED) is 0.620. The third kappa shape index (κ3) is 5.39. The smallest absolute Gasteiger partial charge is 0.409 e. The number of piperazine rings is 1. The number of carbonyl (C=O) groups is 2. The van der Waals surface area contributed by atoms with Crippen molar-refractivity contribution >= 4 is 23.0 Å². The predicted octanol–water partition coefficient (Wildman–Crippen LogP) is 2.81. The van der Waals surface area contributed by atoms with Crippen molar-refractivity contribution in [2.24, 2.45) is 0 Å². The van der Waals surface area contributed by atoms with Crippen LogP contribution in [0.25, 0.3) is 11.0 Å². The first-order chi connectivity index (χ1) is 13.3. The molecule has 0 spiro atoms. The largest absolute Gasteiger partial charge is 0.490 e. The zero-order chi connectivity index (χ0) is 20.1. The number of rotatable bonds is 5. The number of esters is 1. The van der Waals surface area contributed by atoms with Gasteiger partial charge in [0.15, 0.2) is 0 Å². The minimum atomic E-state index is -0.591. The second kappa shape index (κ2) is 8.52. The van der Waals surface area contributed by atoms with Crippen molar-refractivity contribution in [3.8, 4) is 5.75 Å². The van der Waals surface area contributed by atoms with E-state index in [1.807, 2.05) is 0 Å². The molecule has 2 aromatic rings. The summed E-state index contributed by atoms with van der Waals surface area (Å²) < 4.78 is 21.7. The Balaban J connectivity index is 1.51. The van der Waals surface area contributed by atoms with E-state index >= 15 is 0 Å². The molecule has 1 aromatic heterocycles. The van der Waals surface area contributed by atoms with Gasteiger partial charge in [-0.25, -0.2) is 9.59 Å². The molecule has 0 bridgehead atoms. The molecule has 28 heavy (non-hydrogen) atoms. The Morgan fingerprint density at radius 3 is 2.61 bits per heavy atom. The second-order valence-electron chi connectivity index (χ2n) is 7.51. The summed E-state index contributed by atoms with van der Waals surface area (Å²) >= 11 is 0. The number of hydrogen-bond acceptors (Lipinski definition) is 7. The van der Waals surface area contributed by atoms with Crippen LogP contribution in [0.5, 0.6) is 5.75 Å². The summed E-state index contributed by atoms with van der Waals surface area (Å²) in [6.45, 7) is 8.66. The fourth-order valence-electron chi connectivity index (χ4n) is 2.77. The van der Waals surface area contributed by atoms with Crippen LogP contribution in [0.3, 0.4) is 0 Å². The van der Waals surface area contributed by atoms with Crippen LogP contribution in [0.4, 0.5) is 4.79 Å². The van der Waals surface area contributed by atoms with Crippen LogP contribution < -0.4 is 10.1 Å². The highest BCUT2D eigenvalue weighted by molar-refractivity contribution is 5.93. The van der Waals surface area contributed by atoms with E-state index in [9.17, 15) is 9.59 Å². The molecule has 1 aromatic carbocycles. The van der Waals surface area contributed by atoms with Gasteiger partial charge in [0.25, 0.3) is 0 Å². The van der Waals surface area contributed by atoms with Gasteiger partial charge in [-0.05, 0) is 45.0 Å². The fourth-order valence-corrected chi connectivity index (χ4v) is 2.77. The van der Waals surface area contributed by atoms with Crippen LogP contribution in [0.1, 0.15) is 31.3 Å². The molecule has 0 saturated carbocycles. The van der Waals surface area contributed by atoms with Crippen molar-refractivity contribution in [3.63, 3.8) is 0 Å². The minimum Gasteiger partial charge on any atom is -0.490 e. The first-order valence-electron chi connectivity index (χ1n) is 9.34. The lowest BCUT2D eigenvalue weighted by Gasteiger charge is -2.26. The first-order valence-corrected chi connectivity index (χ1v) is 9.34. The molecule has 1 aliphatic heterocycles. The Hall–Kier alpha value is -2.74. The lowest BCUT2D eigenvalue weighted by Crippen LogP contribution is -2.46.